The van der Waals surface area contributed by atoms with Crippen molar-refractivity contribution in [3.05, 3.63) is 29.3 Å². The molecule has 2 bridgehead atoms. The monoisotopic (exact) mass is 330 g/mol. The Hall–Kier alpha value is -1.88. The summed E-state index contributed by atoms with van der Waals surface area (Å²) in [6.45, 7) is 1.84. The molecule has 2 unspecified atom stereocenters. The minimum atomic E-state index is -0.425. The number of carbonyl (C=O) groups is 2. The molecule has 2 aliphatic rings. The second kappa shape index (κ2) is 6.93. The molecule has 1 amide bonds. The molecule has 1 aromatic carbocycles. The molecule has 130 valence electrons. The Kier molecular flexibility index (Phi) is 4.90. The number of nitrogens with one attached hydrogen (secondary N) is 1. The van der Waals surface area contributed by atoms with Gasteiger partial charge in [0.15, 0.2) is 0 Å². The van der Waals surface area contributed by atoms with E-state index in [2.05, 4.69) is 5.32 Å². The molecule has 3 rings (SSSR count). The smallest absolute Gasteiger partial charge is 0.340 e. The van der Waals surface area contributed by atoms with E-state index >= 15 is 0 Å². The van der Waals surface area contributed by atoms with Crippen LogP contribution in [0.5, 0.6) is 0 Å². The summed E-state index contributed by atoms with van der Waals surface area (Å²) in [5.41, 5.74) is 8.07. The average molecular weight is 330 g/mol. The Morgan fingerprint density at radius 2 is 1.88 bits per heavy atom. The minimum absolute atomic E-state index is 0.00504. The maximum atomic E-state index is 12.8. The largest absolute Gasteiger partial charge is 0.465 e. The number of fused-ring (bicyclic) bond motifs is 2. The van der Waals surface area contributed by atoms with Crippen molar-refractivity contribution in [3.8, 4) is 0 Å². The number of carbonyl (C=O) groups excluding carboxylic acids is 2. The molecular formula is C19H26N2O3. The molecule has 0 radical (unpaired) electrons. The molecule has 0 heterocycles. The lowest BCUT2D eigenvalue weighted by Gasteiger charge is -2.43. The topological polar surface area (TPSA) is 81.4 Å². The lowest BCUT2D eigenvalue weighted by molar-refractivity contribution is -0.122. The number of ether oxygens (including phenoxy) is 1. The third-order valence-corrected chi connectivity index (χ3v) is 5.70. The van der Waals surface area contributed by atoms with Gasteiger partial charge in [0.2, 0.25) is 5.91 Å². The van der Waals surface area contributed by atoms with Crippen LogP contribution in [0, 0.1) is 24.7 Å². The normalized spacial score (nSPS) is 29.0. The molecule has 0 spiro atoms. The van der Waals surface area contributed by atoms with Crippen molar-refractivity contribution in [3.63, 3.8) is 0 Å². The van der Waals surface area contributed by atoms with Gasteiger partial charge in [-0.25, -0.2) is 4.79 Å². The van der Waals surface area contributed by atoms with Crippen LogP contribution in [0.1, 0.15) is 48.0 Å². The second-order valence-corrected chi connectivity index (χ2v) is 7.18. The zero-order chi connectivity index (χ0) is 17.3. The summed E-state index contributed by atoms with van der Waals surface area (Å²) in [6.07, 6.45) is 5.17. The summed E-state index contributed by atoms with van der Waals surface area (Å²) in [5, 5.41) is 2.96. The molecule has 0 aliphatic heterocycles. The summed E-state index contributed by atoms with van der Waals surface area (Å²) in [6, 6.07) is 5.67. The molecule has 1 aromatic rings. The third kappa shape index (κ3) is 3.18. The van der Waals surface area contributed by atoms with Crippen molar-refractivity contribution in [1.29, 1.82) is 0 Å². The zero-order valence-corrected chi connectivity index (χ0v) is 14.4. The van der Waals surface area contributed by atoms with E-state index in [-0.39, 0.29) is 17.9 Å². The number of rotatable bonds is 3. The highest BCUT2D eigenvalue weighted by atomic mass is 16.5. The quantitative estimate of drug-likeness (QED) is 0.835. The van der Waals surface area contributed by atoms with E-state index in [1.807, 2.05) is 19.1 Å². The van der Waals surface area contributed by atoms with Crippen LogP contribution in [0.4, 0.5) is 5.69 Å². The van der Waals surface area contributed by atoms with Gasteiger partial charge in [-0.2, -0.15) is 0 Å². The van der Waals surface area contributed by atoms with E-state index in [0.717, 1.165) is 31.2 Å². The summed E-state index contributed by atoms with van der Waals surface area (Å²) in [7, 11) is 1.35. The van der Waals surface area contributed by atoms with Gasteiger partial charge in [0, 0.05) is 12.0 Å². The molecule has 5 nitrogen and oxygen atoms in total. The van der Waals surface area contributed by atoms with E-state index in [9.17, 15) is 9.59 Å². The predicted octanol–water partition coefficient (Wildman–Crippen LogP) is 2.87. The molecule has 0 saturated heterocycles. The Morgan fingerprint density at radius 1 is 1.21 bits per heavy atom. The Labute approximate surface area is 142 Å². The van der Waals surface area contributed by atoms with Gasteiger partial charge in [0.25, 0.3) is 0 Å². The average Bonchev–Trinajstić information content (AvgIpc) is 2.54. The first-order valence-electron chi connectivity index (χ1n) is 8.75. The van der Waals surface area contributed by atoms with Gasteiger partial charge >= 0.3 is 5.97 Å². The van der Waals surface area contributed by atoms with E-state index in [1.165, 1.54) is 13.5 Å². The Morgan fingerprint density at radius 3 is 2.50 bits per heavy atom. The van der Waals surface area contributed by atoms with Gasteiger partial charge in [-0.05, 0) is 56.1 Å². The van der Waals surface area contributed by atoms with Gasteiger partial charge in [-0.3, -0.25) is 4.79 Å². The second-order valence-electron chi connectivity index (χ2n) is 7.18. The number of amides is 1. The van der Waals surface area contributed by atoms with Crippen molar-refractivity contribution >= 4 is 17.6 Å². The van der Waals surface area contributed by atoms with Gasteiger partial charge in [0.05, 0.1) is 18.4 Å². The fourth-order valence-corrected chi connectivity index (χ4v) is 4.38. The summed E-state index contributed by atoms with van der Waals surface area (Å²) in [5.74, 6) is 0.447. The first kappa shape index (κ1) is 17.0. The number of aryl methyl sites for hydroxylation is 1. The van der Waals surface area contributed by atoms with Crippen LogP contribution in [0.2, 0.25) is 0 Å². The molecule has 2 aliphatic carbocycles. The molecule has 2 saturated carbocycles. The molecule has 3 N–H and O–H groups in total. The van der Waals surface area contributed by atoms with Crippen molar-refractivity contribution in [2.24, 2.45) is 23.5 Å². The Bertz CT molecular complexity index is 629. The number of methoxy groups -OCH3 is 1. The molecule has 24 heavy (non-hydrogen) atoms. The number of nitrogens with two attached hydrogens (primary N) is 1. The van der Waals surface area contributed by atoms with E-state index < -0.39 is 5.97 Å². The SMILES string of the molecule is COC(=O)c1c(C)cccc1NC(=O)C1CC2CCCC(C1)C2N. The lowest BCUT2D eigenvalue weighted by atomic mass is 9.65. The molecule has 0 aromatic heterocycles. The lowest BCUT2D eigenvalue weighted by Crippen LogP contribution is -2.48. The highest BCUT2D eigenvalue weighted by Gasteiger charge is 2.40. The third-order valence-electron chi connectivity index (χ3n) is 5.70. The number of hydrogen-bond acceptors (Lipinski definition) is 4. The predicted molar refractivity (Wildman–Crippen MR) is 92.7 cm³/mol. The van der Waals surface area contributed by atoms with Crippen molar-refractivity contribution < 1.29 is 14.3 Å². The molecule has 2 atom stereocenters. The van der Waals surface area contributed by atoms with Crippen LogP contribution < -0.4 is 11.1 Å². The van der Waals surface area contributed by atoms with Crippen LogP contribution in [0.15, 0.2) is 18.2 Å². The Balaban J connectivity index is 1.76. The zero-order valence-electron chi connectivity index (χ0n) is 14.4. The maximum absolute atomic E-state index is 12.8. The number of hydrogen-bond donors (Lipinski definition) is 2. The van der Waals surface area contributed by atoms with E-state index in [0.29, 0.717) is 23.1 Å². The standard InChI is InChI=1S/C19H26N2O3/c1-11-5-3-8-15(16(11)19(23)24-2)21-18(22)14-9-12-6-4-7-13(10-14)17(12)20/h3,5,8,12-14,17H,4,6-7,9-10,20H2,1-2H3,(H,21,22). The number of esters is 1. The van der Waals surface area contributed by atoms with Gasteiger partial charge < -0.3 is 15.8 Å². The van der Waals surface area contributed by atoms with E-state index in [4.69, 9.17) is 10.5 Å². The van der Waals surface area contributed by atoms with Crippen molar-refractivity contribution in [1.82, 2.24) is 0 Å². The summed E-state index contributed by atoms with van der Waals surface area (Å²) < 4.78 is 4.85. The minimum Gasteiger partial charge on any atom is -0.465 e. The fourth-order valence-electron chi connectivity index (χ4n) is 4.38. The molecule has 2 fully saturated rings. The maximum Gasteiger partial charge on any atom is 0.340 e. The first-order chi connectivity index (χ1) is 11.5. The number of anilines is 1. The van der Waals surface area contributed by atoms with Crippen LogP contribution in [0.3, 0.4) is 0 Å². The fraction of sp³-hybridized carbons (Fsp3) is 0.579. The van der Waals surface area contributed by atoms with Crippen LogP contribution in [0.25, 0.3) is 0 Å². The van der Waals surface area contributed by atoms with Crippen LogP contribution in [-0.4, -0.2) is 25.0 Å². The van der Waals surface area contributed by atoms with Crippen LogP contribution in [-0.2, 0) is 9.53 Å². The van der Waals surface area contributed by atoms with Crippen molar-refractivity contribution in [2.45, 2.75) is 45.1 Å². The molecule has 5 heteroatoms. The van der Waals surface area contributed by atoms with Crippen LogP contribution >= 0.6 is 0 Å². The highest BCUT2D eigenvalue weighted by Crippen LogP contribution is 2.42. The summed E-state index contributed by atoms with van der Waals surface area (Å²) >= 11 is 0. The number of benzene rings is 1. The van der Waals surface area contributed by atoms with Crippen molar-refractivity contribution in [2.75, 3.05) is 12.4 Å². The highest BCUT2D eigenvalue weighted by molar-refractivity contribution is 6.02. The molecular weight excluding hydrogens is 304 g/mol. The van der Waals surface area contributed by atoms with E-state index in [1.54, 1.807) is 6.07 Å². The van der Waals surface area contributed by atoms with Gasteiger partial charge in [-0.1, -0.05) is 18.6 Å². The summed E-state index contributed by atoms with van der Waals surface area (Å²) in [4.78, 5) is 24.8. The van der Waals surface area contributed by atoms with Gasteiger partial charge in [0.1, 0.15) is 0 Å². The first-order valence-corrected chi connectivity index (χ1v) is 8.75. The van der Waals surface area contributed by atoms with Gasteiger partial charge in [-0.15, -0.1) is 0 Å².